The number of anilines is 1. The Balaban J connectivity index is 1.82. The van der Waals surface area contributed by atoms with Crippen LogP contribution in [0.4, 0.5) is 5.69 Å². The number of nitrogens with one attached hydrogen (secondary N) is 2. The van der Waals surface area contributed by atoms with E-state index in [1.54, 1.807) is 37.4 Å². The highest BCUT2D eigenvalue weighted by Crippen LogP contribution is 2.23. The molecule has 0 aliphatic heterocycles. The monoisotopic (exact) mass is 334 g/mol. The number of rotatable bonds is 7. The molecule has 0 heterocycles. The zero-order valence-electron chi connectivity index (χ0n) is 12.8. The molecule has 0 saturated heterocycles. The maximum absolute atomic E-state index is 11.9. The molecular formula is C17H19ClN2O3. The summed E-state index contributed by atoms with van der Waals surface area (Å²) in [6, 6.07) is 14.3. The Morgan fingerprint density at radius 2 is 1.91 bits per heavy atom. The van der Waals surface area contributed by atoms with Crippen LogP contribution in [0.15, 0.2) is 48.5 Å². The largest absolute Gasteiger partial charge is 0.495 e. The smallest absolute Gasteiger partial charge is 0.239 e. The highest BCUT2D eigenvalue weighted by molar-refractivity contribution is 6.31. The number of ether oxygens (including phenoxy) is 1. The lowest BCUT2D eigenvalue weighted by Gasteiger charge is -2.14. The number of aliphatic hydroxyl groups excluding tert-OH is 1. The molecule has 0 unspecified atom stereocenters. The molecule has 0 aromatic heterocycles. The van der Waals surface area contributed by atoms with E-state index in [2.05, 4.69) is 10.6 Å². The van der Waals surface area contributed by atoms with E-state index in [4.69, 9.17) is 16.3 Å². The second-order valence-corrected chi connectivity index (χ2v) is 5.30. The summed E-state index contributed by atoms with van der Waals surface area (Å²) in [7, 11) is 1.57. The fourth-order valence-corrected chi connectivity index (χ4v) is 2.36. The Kier molecular flexibility index (Phi) is 6.26. The minimum atomic E-state index is -0.848. The predicted octanol–water partition coefficient (Wildman–Crippen LogP) is 2.61. The summed E-state index contributed by atoms with van der Waals surface area (Å²) in [5, 5.41) is 16.2. The SMILES string of the molecule is COc1ccccc1NCC(=O)NC[C@H](O)c1ccccc1Cl. The van der Waals surface area contributed by atoms with Crippen LogP contribution in [-0.2, 0) is 4.79 Å². The fourth-order valence-electron chi connectivity index (χ4n) is 2.09. The van der Waals surface area contributed by atoms with Crippen molar-refractivity contribution < 1.29 is 14.6 Å². The minimum Gasteiger partial charge on any atom is -0.495 e. The summed E-state index contributed by atoms with van der Waals surface area (Å²) < 4.78 is 5.20. The van der Waals surface area contributed by atoms with E-state index in [-0.39, 0.29) is 19.0 Å². The molecule has 0 spiro atoms. The number of carbonyl (C=O) groups excluding carboxylic acids is 1. The van der Waals surface area contributed by atoms with Crippen molar-refractivity contribution >= 4 is 23.2 Å². The van der Waals surface area contributed by atoms with Gasteiger partial charge in [0.25, 0.3) is 0 Å². The second-order valence-electron chi connectivity index (χ2n) is 4.90. The average molecular weight is 335 g/mol. The van der Waals surface area contributed by atoms with E-state index in [0.717, 1.165) is 5.69 Å². The van der Waals surface area contributed by atoms with Crippen LogP contribution in [0.3, 0.4) is 0 Å². The first kappa shape index (κ1) is 17.1. The first-order valence-electron chi connectivity index (χ1n) is 7.18. The predicted molar refractivity (Wildman–Crippen MR) is 90.9 cm³/mol. The van der Waals surface area contributed by atoms with Gasteiger partial charge in [-0.25, -0.2) is 0 Å². The molecule has 1 amide bonds. The first-order valence-corrected chi connectivity index (χ1v) is 7.55. The van der Waals surface area contributed by atoms with Gasteiger partial charge in [0.15, 0.2) is 0 Å². The van der Waals surface area contributed by atoms with Gasteiger partial charge in [0.1, 0.15) is 5.75 Å². The maximum Gasteiger partial charge on any atom is 0.239 e. The van der Waals surface area contributed by atoms with Crippen LogP contribution >= 0.6 is 11.6 Å². The Labute approximate surface area is 140 Å². The molecule has 5 nitrogen and oxygen atoms in total. The summed E-state index contributed by atoms with van der Waals surface area (Å²) in [4.78, 5) is 11.9. The molecule has 0 aliphatic carbocycles. The van der Waals surface area contributed by atoms with Gasteiger partial charge in [-0.3, -0.25) is 4.79 Å². The third kappa shape index (κ3) is 4.87. The lowest BCUT2D eigenvalue weighted by molar-refractivity contribution is -0.119. The third-order valence-corrected chi connectivity index (χ3v) is 3.65. The van der Waals surface area contributed by atoms with Crippen molar-refractivity contribution in [3.8, 4) is 5.75 Å². The van der Waals surface area contributed by atoms with Crippen LogP contribution in [0.25, 0.3) is 0 Å². The molecule has 23 heavy (non-hydrogen) atoms. The molecule has 0 fully saturated rings. The number of carbonyl (C=O) groups is 1. The normalized spacial score (nSPS) is 11.6. The molecule has 0 aliphatic rings. The van der Waals surface area contributed by atoms with Crippen LogP contribution in [0.1, 0.15) is 11.7 Å². The van der Waals surface area contributed by atoms with Crippen LogP contribution < -0.4 is 15.4 Å². The third-order valence-electron chi connectivity index (χ3n) is 3.30. The average Bonchev–Trinajstić information content (AvgIpc) is 2.58. The first-order chi connectivity index (χ1) is 11.1. The molecule has 6 heteroatoms. The summed E-state index contributed by atoms with van der Waals surface area (Å²) >= 11 is 6.01. The summed E-state index contributed by atoms with van der Waals surface area (Å²) in [5.41, 5.74) is 1.32. The van der Waals surface area contributed by atoms with E-state index in [0.29, 0.717) is 16.3 Å². The molecule has 0 bridgehead atoms. The molecule has 0 radical (unpaired) electrons. The van der Waals surface area contributed by atoms with E-state index < -0.39 is 6.10 Å². The zero-order valence-corrected chi connectivity index (χ0v) is 13.5. The molecule has 0 saturated carbocycles. The van der Waals surface area contributed by atoms with Crippen LogP contribution in [0.2, 0.25) is 5.02 Å². The minimum absolute atomic E-state index is 0.0790. The number of para-hydroxylation sites is 2. The van der Waals surface area contributed by atoms with Crippen LogP contribution in [0, 0.1) is 0 Å². The quantitative estimate of drug-likeness (QED) is 0.728. The van der Waals surface area contributed by atoms with Crippen molar-refractivity contribution in [1.82, 2.24) is 5.32 Å². The number of halogens is 1. The van der Waals surface area contributed by atoms with Crippen molar-refractivity contribution in [2.45, 2.75) is 6.10 Å². The van der Waals surface area contributed by atoms with E-state index in [1.165, 1.54) is 0 Å². The van der Waals surface area contributed by atoms with Gasteiger partial charge in [-0.05, 0) is 18.2 Å². The number of hydrogen-bond acceptors (Lipinski definition) is 4. The molecule has 2 aromatic carbocycles. The van der Waals surface area contributed by atoms with Gasteiger partial charge in [0, 0.05) is 17.1 Å². The lowest BCUT2D eigenvalue weighted by Crippen LogP contribution is -2.33. The van der Waals surface area contributed by atoms with Crippen molar-refractivity contribution in [2.24, 2.45) is 0 Å². The molecular weight excluding hydrogens is 316 g/mol. The summed E-state index contributed by atoms with van der Waals surface area (Å²) in [6.07, 6.45) is -0.848. The molecule has 1 atom stereocenters. The maximum atomic E-state index is 11.9. The zero-order chi connectivity index (χ0) is 16.7. The number of benzene rings is 2. The Bertz CT molecular complexity index is 664. The Morgan fingerprint density at radius 1 is 1.22 bits per heavy atom. The number of hydrogen-bond donors (Lipinski definition) is 3. The van der Waals surface area contributed by atoms with Crippen molar-refractivity contribution in [3.63, 3.8) is 0 Å². The summed E-state index contributed by atoms with van der Waals surface area (Å²) in [6.45, 7) is 0.172. The van der Waals surface area contributed by atoms with E-state index in [9.17, 15) is 9.90 Å². The lowest BCUT2D eigenvalue weighted by atomic mass is 10.1. The van der Waals surface area contributed by atoms with Crippen LogP contribution in [0.5, 0.6) is 5.75 Å². The van der Waals surface area contributed by atoms with Gasteiger partial charge in [-0.1, -0.05) is 41.9 Å². The van der Waals surface area contributed by atoms with Crippen molar-refractivity contribution in [3.05, 3.63) is 59.1 Å². The van der Waals surface area contributed by atoms with Crippen LogP contribution in [-0.4, -0.2) is 31.2 Å². The Morgan fingerprint density at radius 3 is 2.65 bits per heavy atom. The standard InChI is InChI=1S/C17H19ClN2O3/c1-23-16-9-5-4-8-14(16)19-11-17(22)20-10-15(21)12-6-2-3-7-13(12)18/h2-9,15,19,21H,10-11H2,1H3,(H,20,22)/t15-/m0/s1. The van der Waals surface area contributed by atoms with Gasteiger partial charge in [-0.2, -0.15) is 0 Å². The number of methoxy groups -OCH3 is 1. The summed E-state index contributed by atoms with van der Waals surface area (Å²) in [5.74, 6) is 0.429. The van der Waals surface area contributed by atoms with Gasteiger partial charge in [-0.15, -0.1) is 0 Å². The molecule has 2 rings (SSSR count). The highest BCUT2D eigenvalue weighted by atomic mass is 35.5. The van der Waals surface area contributed by atoms with E-state index in [1.807, 2.05) is 18.2 Å². The second kappa shape index (κ2) is 8.41. The topological polar surface area (TPSA) is 70.6 Å². The highest BCUT2D eigenvalue weighted by Gasteiger charge is 2.12. The van der Waals surface area contributed by atoms with Gasteiger partial charge >= 0.3 is 0 Å². The van der Waals surface area contributed by atoms with Gasteiger partial charge in [0.2, 0.25) is 5.91 Å². The van der Waals surface area contributed by atoms with Gasteiger partial charge in [0.05, 0.1) is 25.4 Å². The Hall–Kier alpha value is -2.24. The molecule has 3 N–H and O–H groups in total. The van der Waals surface area contributed by atoms with Gasteiger partial charge < -0.3 is 20.5 Å². The van der Waals surface area contributed by atoms with Crippen molar-refractivity contribution in [2.75, 3.05) is 25.5 Å². The number of aliphatic hydroxyl groups is 1. The molecule has 2 aromatic rings. The fraction of sp³-hybridized carbons (Fsp3) is 0.235. The van der Waals surface area contributed by atoms with E-state index >= 15 is 0 Å². The van der Waals surface area contributed by atoms with Crippen molar-refractivity contribution in [1.29, 1.82) is 0 Å². The molecule has 122 valence electrons. The number of amides is 1.